The van der Waals surface area contributed by atoms with Crippen molar-refractivity contribution < 1.29 is 0 Å². The normalized spacial score (nSPS) is 12.5. The summed E-state index contributed by atoms with van der Waals surface area (Å²) in [7, 11) is 0. The van der Waals surface area contributed by atoms with E-state index >= 15 is 0 Å². The second-order valence-corrected chi connectivity index (χ2v) is 24.1. The third-order valence-corrected chi connectivity index (χ3v) is 18.1. The van der Waals surface area contributed by atoms with Gasteiger partial charge in [-0.25, -0.2) is 9.13 Å². The Hall–Kier alpha value is -9.88. The predicted octanol–water partition coefficient (Wildman–Crippen LogP) is 17.3. The summed E-state index contributed by atoms with van der Waals surface area (Å²) in [6.45, 7) is 16.5. The standard InChI is InChI=1S/C76H54N2O4/c1-11-41-25-59(37(3)4)71(60(26-41)38(5)6)77-73(79)55-21-17-51-63-33-47-29-43-13-15-45-31-49-35-65-53-19-23-57-70-58(76(82)78(75(57)81)72-61(39(7)8)27-42(12-2)28-62(72)40(9)10)24-20-54(68(53)70)66(65)36-50(49)32-46(45)16-14-44(43)30-48(47)34-64(63)52-18-22-56(74(77)80)69(55)67(51)52/h1-2,13-40H,3-10H3. The molecule has 0 N–H and O–H groups in total. The molecular formula is C76H54N2O4. The summed E-state index contributed by atoms with van der Waals surface area (Å²) < 4.78 is 2.81. The minimum Gasteiger partial charge on any atom is -0.268 e. The highest BCUT2D eigenvalue weighted by Crippen LogP contribution is 2.46. The molecule has 0 atom stereocenters. The van der Waals surface area contributed by atoms with E-state index < -0.39 is 0 Å². The van der Waals surface area contributed by atoms with Crippen LogP contribution in [0.15, 0.2) is 165 Å². The Kier molecular flexibility index (Phi) is 10.4. The van der Waals surface area contributed by atoms with Crippen LogP contribution in [-0.2, 0) is 0 Å². The summed E-state index contributed by atoms with van der Waals surface area (Å²) >= 11 is 0. The van der Waals surface area contributed by atoms with Crippen LogP contribution in [0.4, 0.5) is 0 Å². The maximum absolute atomic E-state index is 14.9. The fourth-order valence-electron chi connectivity index (χ4n) is 14.1. The van der Waals surface area contributed by atoms with Gasteiger partial charge in [0.25, 0.3) is 22.2 Å². The number of pyridine rings is 2. The summed E-state index contributed by atoms with van der Waals surface area (Å²) in [5.74, 6) is 5.64. The third-order valence-electron chi connectivity index (χ3n) is 18.1. The van der Waals surface area contributed by atoms with E-state index in [-0.39, 0.29) is 45.9 Å². The Morgan fingerprint density at radius 3 is 0.720 bits per heavy atom. The molecule has 6 heteroatoms. The summed E-state index contributed by atoms with van der Waals surface area (Å²) in [5.41, 5.74) is 4.97. The van der Waals surface area contributed by atoms with Gasteiger partial charge in [0.05, 0.1) is 11.4 Å². The van der Waals surface area contributed by atoms with Crippen molar-refractivity contribution in [3.8, 4) is 36.1 Å². The molecule has 0 amide bonds. The van der Waals surface area contributed by atoms with Crippen molar-refractivity contribution in [2.45, 2.75) is 79.1 Å². The summed E-state index contributed by atoms with van der Waals surface area (Å²) in [6, 6.07) is 50.5. The van der Waals surface area contributed by atoms with Gasteiger partial charge in [-0.2, -0.15) is 0 Å². The fraction of sp³-hybridized carbons (Fsp3) is 0.158. The second kappa shape index (κ2) is 17.3. The molecule has 0 aliphatic carbocycles. The van der Waals surface area contributed by atoms with E-state index in [0.29, 0.717) is 43.7 Å². The van der Waals surface area contributed by atoms with Crippen molar-refractivity contribution in [1.29, 1.82) is 0 Å². The van der Waals surface area contributed by atoms with E-state index in [1.165, 1.54) is 9.13 Å². The topological polar surface area (TPSA) is 78.1 Å². The van der Waals surface area contributed by atoms with Gasteiger partial charge >= 0.3 is 0 Å². The largest absolute Gasteiger partial charge is 0.268 e. The van der Waals surface area contributed by atoms with Gasteiger partial charge in [0.2, 0.25) is 0 Å². The SMILES string of the molecule is C#Cc1cc(C(C)C)c(-n2c(=O)c3ccc4c5cc6cc7ccc8cc9cc%10c(cc9cc8ccc7cc6cc5c5ccc(c2=O)c3c45)c2ccc3c(=O)n(-c4c(C(C)C)cc(C#C)cc4C(C)C)c(=O)c4ccc%10c2c43)c(C(C)C)c1. The van der Waals surface area contributed by atoms with Crippen molar-refractivity contribution in [2.24, 2.45) is 0 Å². The molecule has 0 fully saturated rings. The van der Waals surface area contributed by atoms with Crippen LogP contribution in [0.1, 0.15) is 112 Å². The number of terminal acetylenes is 2. The molecule has 0 aliphatic heterocycles. The number of nitrogens with zero attached hydrogens (tertiary/aromatic N) is 2. The second-order valence-electron chi connectivity index (χ2n) is 24.1. The Balaban J connectivity index is 0.870. The van der Waals surface area contributed by atoms with E-state index in [4.69, 9.17) is 12.8 Å². The lowest BCUT2D eigenvalue weighted by atomic mass is 9.89. The van der Waals surface area contributed by atoms with Gasteiger partial charge in [-0.15, -0.1) is 12.8 Å². The van der Waals surface area contributed by atoms with Gasteiger partial charge in [-0.1, -0.05) is 116 Å². The molecule has 2 aromatic heterocycles. The maximum atomic E-state index is 14.9. The lowest BCUT2D eigenvalue weighted by Crippen LogP contribution is -2.33. The highest BCUT2D eigenvalue weighted by molar-refractivity contribution is 6.38. The zero-order valence-electron chi connectivity index (χ0n) is 46.8. The highest BCUT2D eigenvalue weighted by Gasteiger charge is 2.28. The monoisotopic (exact) mass is 1060 g/mol. The number of hydrogen-bond acceptors (Lipinski definition) is 4. The first-order chi connectivity index (χ1) is 39.5. The number of hydrogen-bond donors (Lipinski definition) is 0. The quantitative estimate of drug-likeness (QED) is 0.155. The first-order valence-corrected chi connectivity index (χ1v) is 28.4. The average molecular weight is 1060 g/mol. The van der Waals surface area contributed by atoms with Gasteiger partial charge in [0.15, 0.2) is 0 Å². The molecule has 13 aromatic carbocycles. The molecule has 0 saturated carbocycles. The summed E-state index contributed by atoms with van der Waals surface area (Å²) in [6.07, 6.45) is 11.8. The van der Waals surface area contributed by atoms with Crippen molar-refractivity contribution in [3.63, 3.8) is 0 Å². The smallest absolute Gasteiger partial charge is 0.266 e. The van der Waals surface area contributed by atoms with Gasteiger partial charge in [-0.05, 0) is 240 Å². The number of benzene rings is 10. The first kappa shape index (κ1) is 49.2. The van der Waals surface area contributed by atoms with Gasteiger partial charge in [0, 0.05) is 43.4 Å². The zero-order chi connectivity index (χ0) is 56.6. The molecule has 2 heterocycles. The molecule has 15 aromatic rings. The Morgan fingerprint density at radius 2 is 0.500 bits per heavy atom. The van der Waals surface area contributed by atoms with Gasteiger partial charge in [0.1, 0.15) is 0 Å². The van der Waals surface area contributed by atoms with Crippen LogP contribution < -0.4 is 22.2 Å². The van der Waals surface area contributed by atoms with Crippen molar-refractivity contribution >= 4 is 129 Å². The molecule has 0 radical (unpaired) electrons. The van der Waals surface area contributed by atoms with Gasteiger partial charge in [-0.3, -0.25) is 19.2 Å². The van der Waals surface area contributed by atoms with E-state index in [0.717, 1.165) is 130 Å². The average Bonchev–Trinajstić information content (AvgIpc) is 2.34. The van der Waals surface area contributed by atoms with E-state index in [9.17, 15) is 19.2 Å². The molecule has 392 valence electrons. The Morgan fingerprint density at radius 1 is 0.280 bits per heavy atom. The number of aromatic nitrogens is 2. The van der Waals surface area contributed by atoms with Crippen LogP contribution >= 0.6 is 0 Å². The summed E-state index contributed by atoms with van der Waals surface area (Å²) in [5, 5.41) is 22.5. The molecule has 0 aliphatic rings. The minimum atomic E-state index is -0.322. The van der Waals surface area contributed by atoms with Gasteiger partial charge < -0.3 is 0 Å². The lowest BCUT2D eigenvalue weighted by molar-refractivity contribution is 0.791. The van der Waals surface area contributed by atoms with Crippen LogP contribution in [0.2, 0.25) is 0 Å². The Bertz CT molecular complexity index is 5090. The molecule has 82 heavy (non-hydrogen) atoms. The van der Waals surface area contributed by atoms with E-state index in [2.05, 4.69) is 164 Å². The van der Waals surface area contributed by atoms with Crippen LogP contribution in [0.25, 0.3) is 141 Å². The lowest BCUT2D eigenvalue weighted by Gasteiger charge is -2.22. The predicted molar refractivity (Wildman–Crippen MR) is 346 cm³/mol. The molecule has 0 spiro atoms. The van der Waals surface area contributed by atoms with Crippen molar-refractivity contribution in [3.05, 3.63) is 220 Å². The number of fused-ring (bicyclic) bond motifs is 10. The molecular weight excluding hydrogens is 1000 g/mol. The maximum Gasteiger partial charge on any atom is 0.266 e. The molecule has 15 rings (SSSR count). The van der Waals surface area contributed by atoms with E-state index in [1.807, 2.05) is 48.5 Å². The molecule has 0 bridgehead atoms. The van der Waals surface area contributed by atoms with Crippen LogP contribution in [0.3, 0.4) is 0 Å². The van der Waals surface area contributed by atoms with E-state index in [1.54, 1.807) is 0 Å². The minimum absolute atomic E-state index is 0.0163. The first-order valence-electron chi connectivity index (χ1n) is 28.4. The van der Waals surface area contributed by atoms with Crippen LogP contribution in [0, 0.1) is 24.7 Å². The Labute approximate surface area is 471 Å². The zero-order valence-corrected chi connectivity index (χ0v) is 46.8. The third kappa shape index (κ3) is 6.67. The number of rotatable bonds is 6. The molecule has 6 nitrogen and oxygen atoms in total. The van der Waals surface area contributed by atoms with Crippen molar-refractivity contribution in [1.82, 2.24) is 9.13 Å². The summed E-state index contributed by atoms with van der Waals surface area (Å²) in [4.78, 5) is 59.5. The highest BCUT2D eigenvalue weighted by atomic mass is 16.2. The van der Waals surface area contributed by atoms with Crippen LogP contribution in [-0.4, -0.2) is 9.13 Å². The van der Waals surface area contributed by atoms with Crippen molar-refractivity contribution in [2.75, 3.05) is 0 Å². The molecule has 0 unspecified atom stereocenters. The fourth-order valence-corrected chi connectivity index (χ4v) is 14.1. The molecule has 0 saturated heterocycles. The van der Waals surface area contributed by atoms with Crippen LogP contribution in [0.5, 0.6) is 0 Å².